The number of aryl methyl sites for hydroxylation is 1. The average molecular weight is 423 g/mol. The molecule has 1 aromatic heterocycles. The van der Waals surface area contributed by atoms with Crippen LogP contribution in [0.25, 0.3) is 0 Å². The van der Waals surface area contributed by atoms with Crippen molar-refractivity contribution in [3.8, 4) is 5.75 Å². The van der Waals surface area contributed by atoms with Gasteiger partial charge in [-0.1, -0.05) is 26.0 Å². The van der Waals surface area contributed by atoms with Crippen LogP contribution in [0.15, 0.2) is 24.3 Å². The molecular weight excluding hydrogens is 399 g/mol. The highest BCUT2D eigenvalue weighted by Gasteiger charge is 2.35. The Morgan fingerprint density at radius 1 is 1.23 bits per heavy atom. The first-order valence-corrected chi connectivity index (χ1v) is 9.50. The van der Waals surface area contributed by atoms with Crippen LogP contribution in [-0.4, -0.2) is 41.7 Å². The molecule has 1 aliphatic heterocycles. The molecule has 162 valence electrons. The van der Waals surface area contributed by atoms with Crippen molar-refractivity contribution >= 4 is 23.4 Å². The predicted molar refractivity (Wildman–Crippen MR) is 108 cm³/mol. The summed E-state index contributed by atoms with van der Waals surface area (Å²) in [4.78, 5) is 23.2. The van der Waals surface area contributed by atoms with Gasteiger partial charge in [0.25, 0.3) is 0 Å². The van der Waals surface area contributed by atoms with Crippen LogP contribution in [0, 0.1) is 12.8 Å². The number of ether oxygens (including phenoxy) is 1. The maximum Gasteiger partial charge on any atom is 0.422 e. The highest BCUT2D eigenvalue weighted by Crippen LogP contribution is 2.34. The van der Waals surface area contributed by atoms with Crippen molar-refractivity contribution < 1.29 is 22.7 Å². The second kappa shape index (κ2) is 8.37. The van der Waals surface area contributed by atoms with Gasteiger partial charge in [0.05, 0.1) is 5.69 Å². The molecule has 0 bridgehead atoms. The summed E-state index contributed by atoms with van der Waals surface area (Å²) in [5, 5.41) is 6.01. The third kappa shape index (κ3) is 4.92. The summed E-state index contributed by atoms with van der Waals surface area (Å²) < 4.78 is 41.4. The number of rotatable bonds is 6. The Hall–Kier alpha value is -3.04. The molecule has 0 saturated heterocycles. The molecule has 0 aliphatic carbocycles. The zero-order chi connectivity index (χ0) is 22.1. The largest absolute Gasteiger partial charge is 0.484 e. The monoisotopic (exact) mass is 423 g/mol. The molecule has 1 aromatic carbocycles. The predicted octanol–water partition coefficient (Wildman–Crippen LogP) is 3.75. The van der Waals surface area contributed by atoms with Crippen molar-refractivity contribution in [2.24, 2.45) is 5.92 Å². The third-order valence-electron chi connectivity index (χ3n) is 4.75. The van der Waals surface area contributed by atoms with E-state index in [9.17, 15) is 18.0 Å². The average Bonchev–Trinajstić information content (AvgIpc) is 2.65. The Kier molecular flexibility index (Phi) is 6.04. The molecule has 30 heavy (non-hydrogen) atoms. The molecule has 1 amide bonds. The summed E-state index contributed by atoms with van der Waals surface area (Å²) in [5.74, 6) is 1.20. The number of likely N-dealkylation sites (N-methyl/N-ethyl adjacent to an activating group) is 1. The number of hydrogen-bond donors (Lipinski definition) is 2. The molecule has 1 atom stereocenters. The normalized spacial score (nSPS) is 16.3. The van der Waals surface area contributed by atoms with Crippen molar-refractivity contribution in [3.05, 3.63) is 35.5 Å². The lowest BCUT2D eigenvalue weighted by Gasteiger charge is -2.36. The first-order chi connectivity index (χ1) is 14.0. The maximum atomic E-state index is 12.4. The number of halogens is 3. The Balaban J connectivity index is 1.70. The number of nitrogens with one attached hydrogen (secondary N) is 2. The fourth-order valence-corrected chi connectivity index (χ4v) is 3.34. The van der Waals surface area contributed by atoms with Crippen molar-refractivity contribution in [3.63, 3.8) is 0 Å². The van der Waals surface area contributed by atoms with Crippen LogP contribution in [0.3, 0.4) is 0 Å². The van der Waals surface area contributed by atoms with Crippen LogP contribution in [0.1, 0.15) is 25.1 Å². The van der Waals surface area contributed by atoms with E-state index in [4.69, 9.17) is 4.74 Å². The van der Waals surface area contributed by atoms with Crippen molar-refractivity contribution in [1.29, 1.82) is 0 Å². The SMILES string of the molecule is Cc1nc(NCc2ccc(OCC(F)(F)F)cc2)nc2c1NC(=O)[C@H](C(C)C)N2C. The molecule has 2 N–H and O–H groups in total. The zero-order valence-corrected chi connectivity index (χ0v) is 17.2. The van der Waals surface area contributed by atoms with Crippen molar-refractivity contribution in [2.75, 3.05) is 29.2 Å². The molecule has 1 aliphatic rings. The lowest BCUT2D eigenvalue weighted by molar-refractivity contribution is -0.153. The van der Waals surface area contributed by atoms with E-state index in [0.29, 0.717) is 29.7 Å². The second-order valence-corrected chi connectivity index (χ2v) is 7.52. The minimum atomic E-state index is -4.37. The minimum absolute atomic E-state index is 0.0831. The van der Waals surface area contributed by atoms with Gasteiger partial charge in [0.2, 0.25) is 11.9 Å². The van der Waals surface area contributed by atoms with Crippen molar-refractivity contribution in [1.82, 2.24) is 9.97 Å². The van der Waals surface area contributed by atoms with Gasteiger partial charge in [-0.05, 0) is 30.5 Å². The van der Waals surface area contributed by atoms with E-state index in [1.807, 2.05) is 25.8 Å². The van der Waals surface area contributed by atoms with E-state index in [0.717, 1.165) is 5.56 Å². The highest BCUT2D eigenvalue weighted by atomic mass is 19.4. The van der Waals surface area contributed by atoms with E-state index >= 15 is 0 Å². The smallest absolute Gasteiger partial charge is 0.422 e. The Morgan fingerprint density at radius 2 is 1.90 bits per heavy atom. The van der Waals surface area contributed by atoms with Crippen LogP contribution in [0.5, 0.6) is 5.75 Å². The Bertz CT molecular complexity index is 916. The lowest BCUT2D eigenvalue weighted by Crippen LogP contribution is -2.49. The molecule has 0 radical (unpaired) electrons. The standard InChI is InChI=1S/C20H24F3N5O2/c1-11(2)16-18(29)26-15-12(3)25-19(27-17(15)28(16)4)24-9-13-5-7-14(8-6-13)30-10-20(21,22)23/h5-8,11,16H,9-10H2,1-4H3,(H,26,29)(H,24,25,27)/t16-/m0/s1. The van der Waals surface area contributed by atoms with Gasteiger partial charge in [-0.3, -0.25) is 4.79 Å². The fraction of sp³-hybridized carbons (Fsp3) is 0.450. The van der Waals surface area contributed by atoms with Gasteiger partial charge < -0.3 is 20.3 Å². The number of alkyl halides is 3. The van der Waals surface area contributed by atoms with Gasteiger partial charge in [-0.2, -0.15) is 18.2 Å². The number of nitrogens with zero attached hydrogens (tertiary/aromatic N) is 3. The number of carbonyl (C=O) groups excluding carboxylic acids is 1. The Morgan fingerprint density at radius 3 is 2.50 bits per heavy atom. The second-order valence-electron chi connectivity index (χ2n) is 7.52. The summed E-state index contributed by atoms with van der Waals surface area (Å²) in [5.41, 5.74) is 2.06. The molecule has 7 nitrogen and oxygen atoms in total. The molecule has 0 fully saturated rings. The molecule has 0 saturated carbocycles. The lowest BCUT2D eigenvalue weighted by atomic mass is 9.99. The number of benzene rings is 1. The molecule has 10 heteroatoms. The van der Waals surface area contributed by atoms with Crippen LogP contribution in [0.2, 0.25) is 0 Å². The van der Waals surface area contributed by atoms with E-state index in [-0.39, 0.29) is 23.6 Å². The zero-order valence-electron chi connectivity index (χ0n) is 17.2. The molecule has 2 aromatic rings. The quantitative estimate of drug-likeness (QED) is 0.737. The third-order valence-corrected chi connectivity index (χ3v) is 4.75. The van der Waals surface area contributed by atoms with Crippen molar-refractivity contribution in [2.45, 2.75) is 39.5 Å². The van der Waals surface area contributed by atoms with E-state index in [2.05, 4.69) is 20.6 Å². The summed E-state index contributed by atoms with van der Waals surface area (Å²) in [6.45, 7) is 4.79. The van der Waals surface area contributed by atoms with E-state index < -0.39 is 12.8 Å². The number of carbonyl (C=O) groups is 1. The maximum absolute atomic E-state index is 12.4. The van der Waals surface area contributed by atoms with E-state index in [1.54, 1.807) is 19.1 Å². The number of amides is 1. The van der Waals surface area contributed by atoms with Crippen LogP contribution < -0.4 is 20.3 Å². The van der Waals surface area contributed by atoms with Crippen LogP contribution >= 0.6 is 0 Å². The van der Waals surface area contributed by atoms with Gasteiger partial charge >= 0.3 is 6.18 Å². The Labute approximate surface area is 172 Å². The summed E-state index contributed by atoms with van der Waals surface area (Å²) in [7, 11) is 1.83. The van der Waals surface area contributed by atoms with Crippen LogP contribution in [0.4, 0.5) is 30.6 Å². The van der Waals surface area contributed by atoms with E-state index in [1.165, 1.54) is 12.1 Å². The number of aromatic nitrogens is 2. The first-order valence-electron chi connectivity index (χ1n) is 9.50. The summed E-state index contributed by atoms with van der Waals surface area (Å²) in [6.07, 6.45) is -4.37. The van der Waals surface area contributed by atoms with Gasteiger partial charge in [-0.15, -0.1) is 0 Å². The fourth-order valence-electron chi connectivity index (χ4n) is 3.34. The van der Waals surface area contributed by atoms with Gasteiger partial charge in [-0.25, -0.2) is 4.98 Å². The molecule has 3 rings (SSSR count). The molecule has 0 unspecified atom stereocenters. The molecular formula is C20H24F3N5O2. The topological polar surface area (TPSA) is 79.4 Å². The number of anilines is 3. The number of hydrogen-bond acceptors (Lipinski definition) is 6. The first kappa shape index (κ1) is 21.7. The number of fused-ring (bicyclic) bond motifs is 1. The van der Waals surface area contributed by atoms with Gasteiger partial charge in [0.15, 0.2) is 12.4 Å². The molecule has 2 heterocycles. The summed E-state index contributed by atoms with van der Waals surface area (Å²) in [6, 6.07) is 5.98. The van der Waals surface area contributed by atoms with Crippen LogP contribution in [-0.2, 0) is 11.3 Å². The van der Waals surface area contributed by atoms with Gasteiger partial charge in [0.1, 0.15) is 17.5 Å². The molecule has 0 spiro atoms. The summed E-state index contributed by atoms with van der Waals surface area (Å²) >= 11 is 0. The van der Waals surface area contributed by atoms with Gasteiger partial charge in [0, 0.05) is 13.6 Å². The highest BCUT2D eigenvalue weighted by molar-refractivity contribution is 6.03. The minimum Gasteiger partial charge on any atom is -0.484 e.